The molecule has 1 aliphatic heterocycles. The lowest BCUT2D eigenvalue weighted by Crippen LogP contribution is -2.31. The van der Waals surface area contributed by atoms with E-state index >= 15 is 0 Å². The number of methoxy groups -OCH3 is 1. The van der Waals surface area contributed by atoms with E-state index in [9.17, 15) is 22.7 Å². The van der Waals surface area contributed by atoms with Gasteiger partial charge < -0.3 is 9.84 Å². The summed E-state index contributed by atoms with van der Waals surface area (Å²) >= 11 is 0. The number of benzene rings is 3. The SMILES string of the molecule is COc1ccc(N2C(=O)C(O)=C(S(=O)(=O)c3ccc(C)cc3)[C@@H]2c2ccc(F)cc2)cc1. The predicted molar refractivity (Wildman–Crippen MR) is 118 cm³/mol. The number of aryl methyl sites for hydroxylation is 1. The van der Waals surface area contributed by atoms with E-state index in [4.69, 9.17) is 4.74 Å². The molecular weight excluding hydrogens is 433 g/mol. The van der Waals surface area contributed by atoms with Crippen molar-refractivity contribution >= 4 is 21.4 Å². The van der Waals surface area contributed by atoms with Crippen LogP contribution in [-0.2, 0) is 14.6 Å². The van der Waals surface area contributed by atoms with Gasteiger partial charge in [-0.3, -0.25) is 9.69 Å². The first-order chi connectivity index (χ1) is 15.2. The van der Waals surface area contributed by atoms with Crippen LogP contribution in [0, 0.1) is 12.7 Å². The number of nitrogens with zero attached hydrogens (tertiary/aromatic N) is 1. The fourth-order valence-electron chi connectivity index (χ4n) is 3.66. The summed E-state index contributed by atoms with van der Waals surface area (Å²) in [5, 5.41) is 10.7. The lowest BCUT2D eigenvalue weighted by atomic mass is 10.1. The number of hydrogen-bond donors (Lipinski definition) is 1. The molecule has 3 aromatic rings. The number of rotatable bonds is 5. The van der Waals surface area contributed by atoms with Gasteiger partial charge in [-0.1, -0.05) is 29.8 Å². The van der Waals surface area contributed by atoms with Crippen LogP contribution in [0.5, 0.6) is 5.75 Å². The molecule has 3 aromatic carbocycles. The summed E-state index contributed by atoms with van der Waals surface area (Å²) in [6.45, 7) is 1.82. The van der Waals surface area contributed by atoms with Gasteiger partial charge in [-0.2, -0.15) is 0 Å². The smallest absolute Gasteiger partial charge is 0.295 e. The van der Waals surface area contributed by atoms with Crippen molar-refractivity contribution in [2.45, 2.75) is 17.9 Å². The summed E-state index contributed by atoms with van der Waals surface area (Å²) in [5.41, 5.74) is 1.55. The van der Waals surface area contributed by atoms with Crippen LogP contribution in [0.2, 0.25) is 0 Å². The second kappa shape index (κ2) is 8.12. The molecule has 4 rings (SSSR count). The molecule has 1 aliphatic rings. The Labute approximate surface area is 185 Å². The number of aliphatic hydroxyl groups excluding tert-OH is 1. The molecule has 0 aliphatic carbocycles. The normalized spacial score (nSPS) is 16.5. The van der Waals surface area contributed by atoms with Crippen molar-refractivity contribution in [1.29, 1.82) is 0 Å². The Morgan fingerprint density at radius 1 is 0.938 bits per heavy atom. The van der Waals surface area contributed by atoms with E-state index in [1.807, 2.05) is 6.92 Å². The third-order valence-electron chi connectivity index (χ3n) is 5.32. The summed E-state index contributed by atoms with van der Waals surface area (Å²) in [4.78, 5) is 13.8. The number of halogens is 1. The largest absolute Gasteiger partial charge is 0.502 e. The van der Waals surface area contributed by atoms with Crippen LogP contribution in [-0.4, -0.2) is 26.5 Å². The van der Waals surface area contributed by atoms with E-state index in [0.717, 1.165) is 5.56 Å². The number of hydrogen-bond acceptors (Lipinski definition) is 5. The molecule has 164 valence electrons. The molecule has 0 fully saturated rings. The first-order valence-corrected chi connectivity index (χ1v) is 11.2. The molecule has 1 amide bonds. The summed E-state index contributed by atoms with van der Waals surface area (Å²) in [6, 6.07) is 16.5. The van der Waals surface area contributed by atoms with Gasteiger partial charge in [-0.25, -0.2) is 12.8 Å². The monoisotopic (exact) mass is 453 g/mol. The van der Waals surface area contributed by atoms with Crippen LogP contribution < -0.4 is 9.64 Å². The minimum absolute atomic E-state index is 0.0545. The topological polar surface area (TPSA) is 83.9 Å². The molecule has 0 unspecified atom stereocenters. The highest BCUT2D eigenvalue weighted by Crippen LogP contribution is 2.45. The average Bonchev–Trinajstić information content (AvgIpc) is 3.06. The van der Waals surface area contributed by atoms with Crippen LogP contribution in [0.15, 0.2) is 88.4 Å². The Balaban J connectivity index is 1.91. The van der Waals surface area contributed by atoms with E-state index in [1.54, 1.807) is 36.4 Å². The second-order valence-corrected chi connectivity index (χ2v) is 9.27. The summed E-state index contributed by atoms with van der Waals surface area (Å²) in [7, 11) is -2.75. The standard InChI is InChI=1S/C24H20FNO5S/c1-15-3-13-20(14-4-15)32(29,30)23-21(16-5-7-17(25)8-6-16)26(24(28)22(23)27)18-9-11-19(31-2)12-10-18/h3-14,21,27H,1-2H3/t21-/m0/s1. The van der Waals surface area contributed by atoms with Crippen molar-refractivity contribution in [2.75, 3.05) is 12.0 Å². The first kappa shape index (κ1) is 21.6. The highest BCUT2D eigenvalue weighted by atomic mass is 32.2. The Morgan fingerprint density at radius 3 is 2.09 bits per heavy atom. The fourth-order valence-corrected chi connectivity index (χ4v) is 5.28. The number of carbonyl (C=O) groups is 1. The van der Waals surface area contributed by atoms with Crippen molar-refractivity contribution in [3.63, 3.8) is 0 Å². The molecule has 0 bridgehead atoms. The van der Waals surface area contributed by atoms with Gasteiger partial charge >= 0.3 is 0 Å². The number of ether oxygens (including phenoxy) is 1. The maximum absolute atomic E-state index is 13.6. The van der Waals surface area contributed by atoms with Gasteiger partial charge in [0.2, 0.25) is 9.84 Å². The number of carbonyl (C=O) groups excluding carboxylic acids is 1. The van der Waals surface area contributed by atoms with E-state index in [1.165, 1.54) is 48.4 Å². The van der Waals surface area contributed by atoms with Gasteiger partial charge in [0.1, 0.15) is 22.5 Å². The van der Waals surface area contributed by atoms with Crippen molar-refractivity contribution in [3.05, 3.63) is 100 Å². The quantitative estimate of drug-likeness (QED) is 0.616. The van der Waals surface area contributed by atoms with Crippen molar-refractivity contribution in [1.82, 2.24) is 0 Å². The lowest BCUT2D eigenvalue weighted by Gasteiger charge is -2.27. The molecule has 0 saturated heterocycles. The van der Waals surface area contributed by atoms with Crippen molar-refractivity contribution in [3.8, 4) is 5.75 Å². The molecule has 0 spiro atoms. The molecule has 8 heteroatoms. The maximum atomic E-state index is 13.6. The van der Waals surface area contributed by atoms with Crippen LogP contribution in [0.3, 0.4) is 0 Å². The zero-order valence-electron chi connectivity index (χ0n) is 17.3. The molecule has 6 nitrogen and oxygen atoms in total. The van der Waals surface area contributed by atoms with Gasteiger partial charge in [-0.15, -0.1) is 0 Å². The lowest BCUT2D eigenvalue weighted by molar-refractivity contribution is -0.117. The van der Waals surface area contributed by atoms with Crippen molar-refractivity contribution in [2.24, 2.45) is 0 Å². The third-order valence-corrected chi connectivity index (χ3v) is 7.21. The molecule has 0 saturated carbocycles. The number of anilines is 1. The number of sulfone groups is 1. The average molecular weight is 453 g/mol. The van der Waals surface area contributed by atoms with Crippen LogP contribution in [0.25, 0.3) is 0 Å². The zero-order valence-corrected chi connectivity index (χ0v) is 18.1. The van der Waals surface area contributed by atoms with E-state index in [-0.39, 0.29) is 4.90 Å². The van der Waals surface area contributed by atoms with E-state index < -0.39 is 38.3 Å². The fraction of sp³-hybridized carbons (Fsp3) is 0.125. The van der Waals surface area contributed by atoms with Crippen LogP contribution in [0.4, 0.5) is 10.1 Å². The maximum Gasteiger partial charge on any atom is 0.295 e. The Morgan fingerprint density at radius 2 is 1.53 bits per heavy atom. The highest BCUT2D eigenvalue weighted by Gasteiger charge is 2.47. The van der Waals surface area contributed by atoms with E-state index in [0.29, 0.717) is 17.0 Å². The minimum Gasteiger partial charge on any atom is -0.502 e. The summed E-state index contributed by atoms with van der Waals surface area (Å²) in [6.07, 6.45) is 0. The summed E-state index contributed by atoms with van der Waals surface area (Å²) in [5.74, 6) is -1.69. The van der Waals surface area contributed by atoms with E-state index in [2.05, 4.69) is 0 Å². The molecule has 1 atom stereocenters. The molecule has 1 heterocycles. The van der Waals surface area contributed by atoms with Crippen molar-refractivity contribution < 1.29 is 27.4 Å². The number of amides is 1. The Kier molecular flexibility index (Phi) is 5.48. The summed E-state index contributed by atoms with van der Waals surface area (Å²) < 4.78 is 45.8. The Bertz CT molecular complexity index is 1300. The highest BCUT2D eigenvalue weighted by molar-refractivity contribution is 7.95. The second-order valence-electron chi connectivity index (χ2n) is 7.36. The minimum atomic E-state index is -4.25. The van der Waals surface area contributed by atoms with Gasteiger partial charge in [0, 0.05) is 5.69 Å². The van der Waals surface area contributed by atoms with Gasteiger partial charge in [0.05, 0.1) is 12.0 Å². The molecule has 0 aromatic heterocycles. The third kappa shape index (κ3) is 3.62. The van der Waals surface area contributed by atoms with Crippen LogP contribution >= 0.6 is 0 Å². The molecular formula is C24H20FNO5S. The molecule has 0 radical (unpaired) electrons. The van der Waals surface area contributed by atoms with Gasteiger partial charge in [0.25, 0.3) is 5.91 Å². The molecule has 1 N–H and O–H groups in total. The zero-order chi connectivity index (χ0) is 23.0. The Hall–Kier alpha value is -3.65. The van der Waals surface area contributed by atoms with Crippen LogP contribution in [0.1, 0.15) is 17.2 Å². The molecule has 32 heavy (non-hydrogen) atoms. The number of aliphatic hydroxyl groups is 1. The van der Waals surface area contributed by atoms with Gasteiger partial charge in [0.15, 0.2) is 5.76 Å². The van der Waals surface area contributed by atoms with Gasteiger partial charge in [-0.05, 0) is 61.0 Å². The predicted octanol–water partition coefficient (Wildman–Crippen LogP) is 4.47. The first-order valence-electron chi connectivity index (χ1n) is 9.72.